The van der Waals surface area contributed by atoms with E-state index in [0.29, 0.717) is 12.8 Å². The van der Waals surface area contributed by atoms with Crippen LogP contribution in [0.5, 0.6) is 0 Å². The Labute approximate surface area is 205 Å². The smallest absolute Gasteiger partial charge is 0.414 e. The van der Waals surface area contributed by atoms with E-state index in [0.717, 1.165) is 59.6 Å². The van der Waals surface area contributed by atoms with Crippen molar-refractivity contribution in [1.82, 2.24) is 9.55 Å². The predicted octanol–water partition coefficient (Wildman–Crippen LogP) is 5.53. The lowest BCUT2D eigenvalue weighted by molar-refractivity contribution is -0.143. The summed E-state index contributed by atoms with van der Waals surface area (Å²) < 4.78 is 7.38. The number of aliphatic carboxylic acids is 1. The Hall–Kier alpha value is -3.55. The molecule has 2 heterocycles. The van der Waals surface area contributed by atoms with Gasteiger partial charge in [-0.15, -0.1) is 0 Å². The van der Waals surface area contributed by atoms with Crippen molar-refractivity contribution in [1.29, 1.82) is 0 Å². The number of hydrogen-bond acceptors (Lipinski definition) is 5. The van der Waals surface area contributed by atoms with Crippen LogP contribution in [-0.2, 0) is 16.0 Å². The summed E-state index contributed by atoms with van der Waals surface area (Å²) in [5.74, 6) is -0.146. The Morgan fingerprint density at radius 3 is 2.43 bits per heavy atom. The lowest BCUT2D eigenvalue weighted by Crippen LogP contribution is -2.42. The summed E-state index contributed by atoms with van der Waals surface area (Å²) in [7, 11) is 3.43. The molecule has 2 aliphatic rings. The summed E-state index contributed by atoms with van der Waals surface area (Å²) in [6.45, 7) is 2.04. The van der Waals surface area contributed by atoms with E-state index in [4.69, 9.17) is 9.72 Å². The van der Waals surface area contributed by atoms with Crippen LogP contribution in [0.1, 0.15) is 50.6 Å². The molecular formula is C27H32N4O4. The van der Waals surface area contributed by atoms with Gasteiger partial charge in [-0.25, -0.2) is 9.78 Å². The molecule has 0 spiro atoms. The first-order valence-corrected chi connectivity index (χ1v) is 12.3. The number of rotatable bonds is 4. The van der Waals surface area contributed by atoms with Crippen LogP contribution >= 0.6 is 0 Å². The average Bonchev–Trinajstić information content (AvgIpc) is 3.28. The number of ether oxygens (including phenoxy) is 1. The van der Waals surface area contributed by atoms with Crippen LogP contribution in [0.4, 0.5) is 22.1 Å². The van der Waals surface area contributed by atoms with Gasteiger partial charge in [0.1, 0.15) is 0 Å². The van der Waals surface area contributed by atoms with Crippen molar-refractivity contribution in [3.05, 3.63) is 48.0 Å². The normalized spacial score (nSPS) is 22.0. The van der Waals surface area contributed by atoms with E-state index in [2.05, 4.69) is 27.7 Å². The zero-order valence-corrected chi connectivity index (χ0v) is 20.5. The van der Waals surface area contributed by atoms with Gasteiger partial charge in [0.15, 0.2) is 0 Å². The molecule has 8 nitrogen and oxygen atoms in total. The number of nitrogens with zero attached hydrogens (tertiary/aromatic N) is 4. The van der Waals surface area contributed by atoms with E-state index in [1.54, 1.807) is 4.90 Å². The van der Waals surface area contributed by atoms with Crippen LogP contribution in [0, 0.1) is 5.92 Å². The third kappa shape index (κ3) is 4.00. The molecule has 1 saturated carbocycles. The quantitative estimate of drug-likeness (QED) is 0.533. The molecule has 1 aliphatic heterocycles. The molecule has 1 atom stereocenters. The molecule has 0 bridgehead atoms. The van der Waals surface area contributed by atoms with Crippen molar-refractivity contribution >= 4 is 40.4 Å². The number of carboxylic acids is 1. The van der Waals surface area contributed by atoms with E-state index in [1.165, 1.54) is 7.11 Å². The molecule has 184 valence electrons. The van der Waals surface area contributed by atoms with Gasteiger partial charge >= 0.3 is 12.1 Å². The van der Waals surface area contributed by atoms with Crippen LogP contribution in [-0.4, -0.2) is 46.9 Å². The number of anilines is 3. The van der Waals surface area contributed by atoms with Crippen molar-refractivity contribution in [2.24, 2.45) is 5.92 Å². The van der Waals surface area contributed by atoms with E-state index < -0.39 is 5.97 Å². The van der Waals surface area contributed by atoms with Crippen LogP contribution < -0.4 is 9.80 Å². The maximum absolute atomic E-state index is 12.6. The van der Waals surface area contributed by atoms with E-state index >= 15 is 0 Å². The van der Waals surface area contributed by atoms with Crippen LogP contribution in [0.3, 0.4) is 0 Å². The van der Waals surface area contributed by atoms with Gasteiger partial charge in [0.05, 0.1) is 29.7 Å². The molecule has 0 unspecified atom stereocenters. The number of carbonyl (C=O) groups excluding carboxylic acids is 1. The highest BCUT2D eigenvalue weighted by Gasteiger charge is 2.34. The molecule has 1 N–H and O–H groups in total. The maximum Gasteiger partial charge on any atom is 0.414 e. The van der Waals surface area contributed by atoms with Gasteiger partial charge in [0.25, 0.3) is 0 Å². The minimum atomic E-state index is -0.702. The summed E-state index contributed by atoms with van der Waals surface area (Å²) in [6.07, 6.45) is 4.21. The third-order valence-corrected chi connectivity index (χ3v) is 7.66. The topological polar surface area (TPSA) is 87.9 Å². The van der Waals surface area contributed by atoms with E-state index in [1.807, 2.05) is 38.2 Å². The van der Waals surface area contributed by atoms with Crippen LogP contribution in [0.15, 0.2) is 42.5 Å². The molecule has 3 aromatic rings. The molecule has 1 aliphatic carbocycles. The molecule has 2 aromatic carbocycles. The number of benzene rings is 2. The predicted molar refractivity (Wildman–Crippen MR) is 136 cm³/mol. The lowest BCUT2D eigenvalue weighted by atomic mass is 9.86. The first kappa shape index (κ1) is 23.2. The Balaban J connectivity index is 1.65. The molecule has 0 saturated heterocycles. The first-order chi connectivity index (χ1) is 16.9. The van der Waals surface area contributed by atoms with Crippen molar-refractivity contribution < 1.29 is 19.4 Å². The fourth-order valence-electron chi connectivity index (χ4n) is 5.71. The van der Waals surface area contributed by atoms with Gasteiger partial charge in [0.2, 0.25) is 5.95 Å². The summed E-state index contributed by atoms with van der Waals surface area (Å²) in [5.41, 5.74) is 4.88. The van der Waals surface area contributed by atoms with Gasteiger partial charge in [0, 0.05) is 30.4 Å². The van der Waals surface area contributed by atoms with Gasteiger partial charge < -0.3 is 19.3 Å². The van der Waals surface area contributed by atoms with Crippen LogP contribution in [0.25, 0.3) is 11.0 Å². The Morgan fingerprint density at radius 2 is 1.77 bits per heavy atom. The molecular weight excluding hydrogens is 444 g/mol. The fourth-order valence-corrected chi connectivity index (χ4v) is 5.71. The van der Waals surface area contributed by atoms with Gasteiger partial charge in [-0.1, -0.05) is 18.2 Å². The zero-order chi connectivity index (χ0) is 24.7. The minimum Gasteiger partial charge on any atom is -0.481 e. The number of fused-ring (bicyclic) bond motifs is 3. The van der Waals surface area contributed by atoms with Crippen molar-refractivity contribution in [3.8, 4) is 0 Å². The van der Waals surface area contributed by atoms with Crippen LogP contribution in [0.2, 0.25) is 0 Å². The Morgan fingerprint density at radius 1 is 1.06 bits per heavy atom. The highest BCUT2D eigenvalue weighted by atomic mass is 16.5. The van der Waals surface area contributed by atoms with Crippen molar-refractivity contribution in [2.75, 3.05) is 24.0 Å². The number of carboxylic acid groups (broad SMARTS) is 1. The fraction of sp³-hybridized carbons (Fsp3) is 0.444. The molecule has 5 rings (SSSR count). The molecule has 8 heteroatoms. The van der Waals surface area contributed by atoms with Crippen molar-refractivity contribution in [3.63, 3.8) is 0 Å². The minimum absolute atomic E-state index is 0.0484. The largest absolute Gasteiger partial charge is 0.481 e. The van der Waals surface area contributed by atoms with E-state index in [9.17, 15) is 14.7 Å². The standard InChI is InChI=1S/C27H32N4O4/c1-17-9-14-21-22(30(17)27(34)35-3)15-16-23-24(21)28-26(29(2)19-7-5-4-6-8-19)31(23)20-12-10-18(11-13-20)25(32)33/h4-8,15-18,20H,9-14H2,1-3H3,(H,32,33)/t17-,18?,20?/m0/s1. The maximum atomic E-state index is 12.6. The summed E-state index contributed by atoms with van der Waals surface area (Å²) in [4.78, 5) is 33.1. The van der Waals surface area contributed by atoms with Gasteiger partial charge in [-0.05, 0) is 69.7 Å². The van der Waals surface area contributed by atoms with Gasteiger partial charge in [-0.2, -0.15) is 0 Å². The third-order valence-electron chi connectivity index (χ3n) is 7.66. The summed E-state index contributed by atoms with van der Waals surface area (Å²) in [5, 5.41) is 9.49. The second kappa shape index (κ2) is 9.24. The SMILES string of the molecule is COC(=O)N1c2ccc3c(nc(N(C)c4ccccc4)n3C3CCC(C(=O)O)CC3)c2CC[C@@H]1C. The summed E-state index contributed by atoms with van der Waals surface area (Å²) >= 11 is 0. The molecule has 35 heavy (non-hydrogen) atoms. The number of hydrogen-bond donors (Lipinski definition) is 1. The lowest BCUT2D eigenvalue weighted by Gasteiger charge is -2.34. The molecule has 1 fully saturated rings. The summed E-state index contributed by atoms with van der Waals surface area (Å²) in [6, 6.07) is 14.4. The number of amides is 1. The highest BCUT2D eigenvalue weighted by Crippen LogP contribution is 2.42. The monoisotopic (exact) mass is 476 g/mol. The number of para-hydroxylation sites is 1. The number of aromatic nitrogens is 2. The molecule has 0 radical (unpaired) electrons. The first-order valence-electron chi connectivity index (χ1n) is 12.3. The van der Waals surface area contributed by atoms with Gasteiger partial charge in [-0.3, -0.25) is 9.69 Å². The van der Waals surface area contributed by atoms with E-state index in [-0.39, 0.29) is 24.1 Å². The average molecular weight is 477 g/mol. The Bertz CT molecular complexity index is 1250. The Kier molecular flexibility index (Phi) is 6.13. The second-order valence-corrected chi connectivity index (χ2v) is 9.68. The molecule has 1 amide bonds. The number of carbonyl (C=O) groups is 2. The zero-order valence-electron chi connectivity index (χ0n) is 20.5. The number of methoxy groups -OCH3 is 1. The second-order valence-electron chi connectivity index (χ2n) is 9.68. The molecule has 1 aromatic heterocycles. The number of aryl methyl sites for hydroxylation is 1. The highest BCUT2D eigenvalue weighted by molar-refractivity contribution is 5.96. The van der Waals surface area contributed by atoms with Crippen molar-refractivity contribution in [2.45, 2.75) is 57.5 Å². The number of imidazole rings is 1.